The molecule has 8 heteroatoms. The Kier molecular flexibility index (Phi) is 6.16. The minimum absolute atomic E-state index is 0.234. The van der Waals surface area contributed by atoms with Crippen LogP contribution in [0.2, 0.25) is 0 Å². The van der Waals surface area contributed by atoms with Crippen LogP contribution in [0.25, 0.3) is 0 Å². The number of amides is 3. The van der Waals surface area contributed by atoms with E-state index in [1.54, 1.807) is 50.2 Å². The van der Waals surface area contributed by atoms with Crippen molar-refractivity contribution >= 4 is 29.4 Å². The maximum atomic E-state index is 12.9. The monoisotopic (exact) mass is 419 g/mol. The number of nitrogens with zero attached hydrogens (tertiary/aromatic N) is 2. The standard InChI is InChI=1S/C23H21N3O5/c1-13(2)19(26-21(28)17-6-4-5-7-18(17)22(26)29)23(30)31-14(3)20(27)25-16-10-8-15(12-24)9-11-16/h4-11,13-14,19H,1-3H3,(H,25,27)/t14-,19-/m0/s1. The van der Waals surface area contributed by atoms with Crippen molar-refractivity contribution in [3.63, 3.8) is 0 Å². The lowest BCUT2D eigenvalue weighted by Gasteiger charge is -2.28. The van der Waals surface area contributed by atoms with Crippen molar-refractivity contribution in [1.82, 2.24) is 4.90 Å². The molecule has 0 saturated carbocycles. The molecule has 0 radical (unpaired) electrons. The van der Waals surface area contributed by atoms with Gasteiger partial charge in [-0.15, -0.1) is 0 Å². The maximum Gasteiger partial charge on any atom is 0.330 e. The highest BCUT2D eigenvalue weighted by Gasteiger charge is 2.45. The van der Waals surface area contributed by atoms with Crippen molar-refractivity contribution in [2.45, 2.75) is 32.9 Å². The van der Waals surface area contributed by atoms with Gasteiger partial charge in [0.15, 0.2) is 6.10 Å². The highest BCUT2D eigenvalue weighted by molar-refractivity contribution is 6.22. The van der Waals surface area contributed by atoms with Gasteiger partial charge in [-0.1, -0.05) is 26.0 Å². The van der Waals surface area contributed by atoms with Crippen LogP contribution in [0.5, 0.6) is 0 Å². The highest BCUT2D eigenvalue weighted by Crippen LogP contribution is 2.28. The summed E-state index contributed by atoms with van der Waals surface area (Å²) in [5.74, 6) is -2.98. The predicted octanol–water partition coefficient (Wildman–Crippen LogP) is 2.75. The number of imide groups is 1. The van der Waals surface area contributed by atoms with Gasteiger partial charge in [-0.05, 0) is 49.2 Å². The number of anilines is 1. The van der Waals surface area contributed by atoms with Crippen LogP contribution in [0.1, 0.15) is 47.1 Å². The second-order valence-electron chi connectivity index (χ2n) is 7.47. The summed E-state index contributed by atoms with van der Waals surface area (Å²) < 4.78 is 5.31. The Morgan fingerprint density at radius 1 is 0.968 bits per heavy atom. The summed E-state index contributed by atoms with van der Waals surface area (Å²) in [6.45, 7) is 4.78. The van der Waals surface area contributed by atoms with E-state index in [9.17, 15) is 19.2 Å². The normalized spacial score (nSPS) is 14.6. The molecular weight excluding hydrogens is 398 g/mol. The number of rotatable bonds is 6. The Bertz CT molecular complexity index is 1050. The second kappa shape index (κ2) is 8.79. The zero-order valence-electron chi connectivity index (χ0n) is 17.3. The van der Waals surface area contributed by atoms with Crippen LogP contribution >= 0.6 is 0 Å². The van der Waals surface area contributed by atoms with Crippen molar-refractivity contribution in [3.8, 4) is 6.07 Å². The van der Waals surface area contributed by atoms with E-state index in [-0.39, 0.29) is 11.1 Å². The van der Waals surface area contributed by atoms with E-state index in [0.717, 1.165) is 4.90 Å². The largest absolute Gasteiger partial charge is 0.451 e. The van der Waals surface area contributed by atoms with E-state index in [1.165, 1.54) is 19.1 Å². The Morgan fingerprint density at radius 3 is 2.00 bits per heavy atom. The smallest absolute Gasteiger partial charge is 0.330 e. The first-order chi connectivity index (χ1) is 14.7. The minimum atomic E-state index is -1.17. The molecule has 1 heterocycles. The van der Waals surface area contributed by atoms with Crippen molar-refractivity contribution in [2.24, 2.45) is 5.92 Å². The fraction of sp³-hybridized carbons (Fsp3) is 0.261. The van der Waals surface area contributed by atoms with E-state index >= 15 is 0 Å². The first-order valence-corrected chi connectivity index (χ1v) is 9.73. The number of esters is 1. The summed E-state index contributed by atoms with van der Waals surface area (Å²) in [7, 11) is 0. The molecule has 3 amide bonds. The summed E-state index contributed by atoms with van der Waals surface area (Å²) in [5.41, 5.74) is 1.35. The molecule has 2 atom stereocenters. The number of nitrogens with one attached hydrogen (secondary N) is 1. The van der Waals surface area contributed by atoms with Gasteiger partial charge in [0.25, 0.3) is 17.7 Å². The third-order valence-electron chi connectivity index (χ3n) is 4.92. The van der Waals surface area contributed by atoms with Crippen LogP contribution in [0, 0.1) is 17.2 Å². The zero-order valence-corrected chi connectivity index (χ0v) is 17.3. The number of nitriles is 1. The van der Waals surface area contributed by atoms with Crippen molar-refractivity contribution in [3.05, 3.63) is 65.2 Å². The van der Waals surface area contributed by atoms with E-state index in [2.05, 4.69) is 5.32 Å². The van der Waals surface area contributed by atoms with Crippen molar-refractivity contribution in [1.29, 1.82) is 5.26 Å². The Morgan fingerprint density at radius 2 is 1.52 bits per heavy atom. The van der Waals surface area contributed by atoms with Gasteiger partial charge in [0.2, 0.25) is 0 Å². The SMILES string of the molecule is CC(C)[C@@H](C(=O)O[C@@H](C)C(=O)Nc1ccc(C#N)cc1)N1C(=O)c2ccccc2C1=O. The molecule has 0 fully saturated rings. The Labute approximate surface area is 179 Å². The number of carbonyl (C=O) groups excluding carboxylic acids is 4. The van der Waals surface area contributed by atoms with Gasteiger partial charge in [-0.3, -0.25) is 19.3 Å². The van der Waals surface area contributed by atoms with E-state index in [4.69, 9.17) is 10.00 Å². The fourth-order valence-electron chi connectivity index (χ4n) is 3.31. The molecule has 3 rings (SSSR count). The number of ether oxygens (including phenoxy) is 1. The molecule has 2 aromatic carbocycles. The molecule has 0 unspecified atom stereocenters. The Balaban J connectivity index is 1.72. The van der Waals surface area contributed by atoms with Crippen LogP contribution in [-0.4, -0.2) is 40.7 Å². The molecule has 0 spiro atoms. The number of benzene rings is 2. The lowest BCUT2D eigenvalue weighted by atomic mass is 10.0. The fourth-order valence-corrected chi connectivity index (χ4v) is 3.31. The Hall–Kier alpha value is -3.99. The molecule has 1 aliphatic heterocycles. The number of fused-ring (bicyclic) bond motifs is 1. The van der Waals surface area contributed by atoms with Crippen LogP contribution in [0.4, 0.5) is 5.69 Å². The lowest BCUT2D eigenvalue weighted by Crippen LogP contribution is -2.50. The number of carbonyl (C=O) groups is 4. The van der Waals surface area contributed by atoms with Crippen LogP contribution in [0.15, 0.2) is 48.5 Å². The molecule has 31 heavy (non-hydrogen) atoms. The molecule has 2 aromatic rings. The van der Waals surface area contributed by atoms with Gasteiger partial charge in [0.1, 0.15) is 6.04 Å². The van der Waals surface area contributed by atoms with Gasteiger partial charge >= 0.3 is 5.97 Å². The van der Waals surface area contributed by atoms with Gasteiger partial charge < -0.3 is 10.1 Å². The first-order valence-electron chi connectivity index (χ1n) is 9.73. The molecule has 1 N–H and O–H groups in total. The summed E-state index contributed by atoms with van der Waals surface area (Å²) in [5, 5.41) is 11.4. The topological polar surface area (TPSA) is 117 Å². The summed E-state index contributed by atoms with van der Waals surface area (Å²) >= 11 is 0. The van der Waals surface area contributed by atoms with Gasteiger partial charge in [0, 0.05) is 5.69 Å². The second-order valence-corrected chi connectivity index (χ2v) is 7.47. The predicted molar refractivity (Wildman–Crippen MR) is 111 cm³/mol. The van der Waals surface area contributed by atoms with E-state index < -0.39 is 41.8 Å². The van der Waals surface area contributed by atoms with Crippen LogP contribution < -0.4 is 5.32 Å². The summed E-state index contributed by atoms with van der Waals surface area (Å²) in [6.07, 6.45) is -1.17. The lowest BCUT2D eigenvalue weighted by molar-refractivity contribution is -0.158. The summed E-state index contributed by atoms with van der Waals surface area (Å²) in [6, 6.07) is 13.4. The molecule has 158 valence electrons. The van der Waals surface area contributed by atoms with Crippen LogP contribution in [-0.2, 0) is 14.3 Å². The molecule has 0 bridgehead atoms. The van der Waals surface area contributed by atoms with Gasteiger partial charge in [-0.25, -0.2) is 4.79 Å². The number of hydrogen-bond acceptors (Lipinski definition) is 6. The summed E-state index contributed by atoms with van der Waals surface area (Å²) in [4.78, 5) is 51.7. The molecular formula is C23H21N3O5. The third-order valence-corrected chi connectivity index (χ3v) is 4.92. The highest BCUT2D eigenvalue weighted by atomic mass is 16.5. The average Bonchev–Trinajstić information content (AvgIpc) is 2.99. The third kappa shape index (κ3) is 4.31. The quantitative estimate of drug-likeness (QED) is 0.568. The molecule has 1 aliphatic rings. The molecule has 0 saturated heterocycles. The zero-order chi connectivity index (χ0) is 22.7. The van der Waals surface area contributed by atoms with Crippen LogP contribution in [0.3, 0.4) is 0 Å². The van der Waals surface area contributed by atoms with Crippen molar-refractivity contribution < 1.29 is 23.9 Å². The van der Waals surface area contributed by atoms with Crippen molar-refractivity contribution in [2.75, 3.05) is 5.32 Å². The maximum absolute atomic E-state index is 12.9. The van der Waals surface area contributed by atoms with E-state index in [1.807, 2.05) is 6.07 Å². The van der Waals surface area contributed by atoms with Gasteiger partial charge in [0.05, 0.1) is 22.8 Å². The van der Waals surface area contributed by atoms with Gasteiger partial charge in [-0.2, -0.15) is 5.26 Å². The molecule has 8 nitrogen and oxygen atoms in total. The molecule has 0 aliphatic carbocycles. The number of hydrogen-bond donors (Lipinski definition) is 1. The molecule has 0 aromatic heterocycles. The first kappa shape index (κ1) is 21.7. The average molecular weight is 419 g/mol. The van der Waals surface area contributed by atoms with E-state index in [0.29, 0.717) is 11.3 Å². The minimum Gasteiger partial charge on any atom is -0.451 e.